The number of benzene rings is 2. The molecule has 3 aliphatic carbocycles. The van der Waals surface area contributed by atoms with Crippen molar-refractivity contribution in [1.82, 2.24) is 9.88 Å². The Bertz CT molecular complexity index is 1040. The van der Waals surface area contributed by atoms with Crippen LogP contribution in [-0.4, -0.2) is 33.4 Å². The van der Waals surface area contributed by atoms with Crippen LogP contribution in [0, 0.1) is 5.92 Å². The van der Waals surface area contributed by atoms with E-state index in [0.717, 1.165) is 23.4 Å². The highest BCUT2D eigenvalue weighted by molar-refractivity contribution is 9.09. The minimum atomic E-state index is 0.299. The lowest BCUT2D eigenvalue weighted by atomic mass is 9.48. The van der Waals surface area contributed by atoms with Crippen LogP contribution in [0.2, 0.25) is 0 Å². The van der Waals surface area contributed by atoms with Crippen molar-refractivity contribution in [3.63, 3.8) is 0 Å². The standard InChI is InChI=1S/C25H27BrN2O/c1-16-12-21-20-4-2-3-5-22(20)27-23(21)24(28(16)25-13-17(14-25)15-25)18-6-8-19(9-7-18)29-11-10-26/h2-9,16-17,24,27H,10-15H2,1H3/t16-,17?,24-,25?/m1/s1. The van der Waals surface area contributed by atoms with Crippen LogP contribution < -0.4 is 4.74 Å². The molecule has 29 heavy (non-hydrogen) atoms. The molecule has 3 fully saturated rings. The first kappa shape index (κ1) is 18.0. The maximum atomic E-state index is 5.80. The average molecular weight is 451 g/mol. The summed E-state index contributed by atoms with van der Waals surface area (Å²) in [6.45, 7) is 3.13. The van der Waals surface area contributed by atoms with Gasteiger partial charge in [-0.15, -0.1) is 0 Å². The molecule has 150 valence electrons. The molecule has 3 nitrogen and oxygen atoms in total. The van der Waals surface area contributed by atoms with Crippen molar-refractivity contribution in [3.05, 3.63) is 65.4 Å². The lowest BCUT2D eigenvalue weighted by Gasteiger charge is -2.70. The quantitative estimate of drug-likeness (QED) is 0.495. The van der Waals surface area contributed by atoms with E-state index in [1.807, 2.05) is 0 Å². The van der Waals surface area contributed by atoms with Crippen LogP contribution in [-0.2, 0) is 6.42 Å². The molecule has 0 spiro atoms. The highest BCUT2D eigenvalue weighted by atomic mass is 79.9. The smallest absolute Gasteiger partial charge is 0.119 e. The SMILES string of the molecule is C[C@@H]1Cc2c([nH]c3ccccc23)[C@@H](c2ccc(OCCBr)cc2)N1C12CC(C1)C2. The summed E-state index contributed by atoms with van der Waals surface area (Å²) < 4.78 is 5.80. The van der Waals surface area contributed by atoms with E-state index >= 15 is 0 Å². The van der Waals surface area contributed by atoms with Gasteiger partial charge in [0, 0.05) is 33.5 Å². The Morgan fingerprint density at radius 3 is 2.55 bits per heavy atom. The fourth-order valence-corrected chi connectivity index (χ4v) is 6.34. The van der Waals surface area contributed by atoms with Crippen LogP contribution in [0.5, 0.6) is 5.75 Å². The lowest BCUT2D eigenvalue weighted by molar-refractivity contribution is -0.174. The summed E-state index contributed by atoms with van der Waals surface area (Å²) in [7, 11) is 0. The highest BCUT2D eigenvalue weighted by Gasteiger charge is 2.63. The zero-order chi connectivity index (χ0) is 19.6. The summed E-state index contributed by atoms with van der Waals surface area (Å²) in [6, 6.07) is 18.5. The number of aromatic nitrogens is 1. The van der Waals surface area contributed by atoms with Crippen molar-refractivity contribution in [2.24, 2.45) is 5.92 Å². The Hall–Kier alpha value is -1.78. The minimum absolute atomic E-state index is 0.299. The third kappa shape index (κ3) is 2.65. The Labute approximate surface area is 180 Å². The predicted molar refractivity (Wildman–Crippen MR) is 121 cm³/mol. The first-order valence-corrected chi connectivity index (χ1v) is 12.0. The molecule has 2 aromatic carbocycles. The minimum Gasteiger partial charge on any atom is -0.493 e. The number of para-hydroxylation sites is 1. The molecule has 1 aliphatic heterocycles. The number of H-pyrrole nitrogens is 1. The second-order valence-electron chi connectivity index (χ2n) is 9.23. The van der Waals surface area contributed by atoms with Crippen molar-refractivity contribution in [2.75, 3.05) is 11.9 Å². The Balaban J connectivity index is 1.46. The third-order valence-electron chi connectivity index (χ3n) is 7.47. The zero-order valence-electron chi connectivity index (χ0n) is 16.8. The van der Waals surface area contributed by atoms with Crippen LogP contribution in [0.4, 0.5) is 0 Å². The Morgan fingerprint density at radius 1 is 1.10 bits per heavy atom. The molecule has 7 rings (SSSR count). The molecule has 0 saturated heterocycles. The van der Waals surface area contributed by atoms with Gasteiger partial charge in [-0.3, -0.25) is 4.90 Å². The van der Waals surface area contributed by atoms with E-state index in [-0.39, 0.29) is 0 Å². The van der Waals surface area contributed by atoms with E-state index in [0.29, 0.717) is 24.2 Å². The van der Waals surface area contributed by atoms with Gasteiger partial charge in [0.15, 0.2) is 0 Å². The molecule has 2 bridgehead atoms. The second kappa shape index (κ2) is 6.61. The molecule has 0 amide bonds. The van der Waals surface area contributed by atoms with E-state index in [1.54, 1.807) is 0 Å². The van der Waals surface area contributed by atoms with Gasteiger partial charge in [0.2, 0.25) is 0 Å². The number of aromatic amines is 1. The van der Waals surface area contributed by atoms with Gasteiger partial charge in [0.05, 0.1) is 12.6 Å². The second-order valence-corrected chi connectivity index (χ2v) is 10.0. The van der Waals surface area contributed by atoms with E-state index < -0.39 is 0 Å². The van der Waals surface area contributed by atoms with Crippen molar-refractivity contribution < 1.29 is 4.74 Å². The van der Waals surface area contributed by atoms with Gasteiger partial charge in [-0.2, -0.15) is 0 Å². The fourth-order valence-electron chi connectivity index (χ4n) is 6.18. The molecule has 2 atom stereocenters. The first-order chi connectivity index (χ1) is 14.2. The number of nitrogens with zero attached hydrogens (tertiary/aromatic N) is 1. The van der Waals surface area contributed by atoms with Crippen LogP contribution in [0.15, 0.2) is 48.5 Å². The van der Waals surface area contributed by atoms with Gasteiger partial charge < -0.3 is 9.72 Å². The van der Waals surface area contributed by atoms with Crippen LogP contribution in [0.1, 0.15) is 49.0 Å². The van der Waals surface area contributed by atoms with Crippen molar-refractivity contribution in [2.45, 2.75) is 50.2 Å². The van der Waals surface area contributed by atoms with Crippen LogP contribution >= 0.6 is 15.9 Å². The number of alkyl halides is 1. The number of ether oxygens (including phenoxy) is 1. The molecule has 4 aliphatic rings. The fraction of sp³-hybridized carbons (Fsp3) is 0.440. The number of rotatable bonds is 5. The summed E-state index contributed by atoms with van der Waals surface area (Å²) in [5.74, 6) is 1.93. The zero-order valence-corrected chi connectivity index (χ0v) is 18.4. The normalized spacial score (nSPS) is 30.5. The van der Waals surface area contributed by atoms with Gasteiger partial charge in [-0.25, -0.2) is 0 Å². The predicted octanol–water partition coefficient (Wildman–Crippen LogP) is 5.83. The van der Waals surface area contributed by atoms with Gasteiger partial charge in [0.25, 0.3) is 0 Å². The average Bonchev–Trinajstić information content (AvgIpc) is 3.03. The lowest BCUT2D eigenvalue weighted by Crippen LogP contribution is -2.71. The molecule has 4 heteroatoms. The topological polar surface area (TPSA) is 28.3 Å². The van der Waals surface area contributed by atoms with Gasteiger partial charge in [-0.1, -0.05) is 46.3 Å². The summed E-state index contributed by atoms with van der Waals surface area (Å²) >= 11 is 3.44. The monoisotopic (exact) mass is 450 g/mol. The number of hydrogen-bond acceptors (Lipinski definition) is 2. The number of halogens is 1. The maximum Gasteiger partial charge on any atom is 0.119 e. The van der Waals surface area contributed by atoms with Crippen molar-refractivity contribution in [3.8, 4) is 5.75 Å². The molecular weight excluding hydrogens is 424 g/mol. The Morgan fingerprint density at radius 2 is 1.86 bits per heavy atom. The Kier molecular flexibility index (Phi) is 4.11. The van der Waals surface area contributed by atoms with Crippen LogP contribution in [0.3, 0.4) is 0 Å². The van der Waals surface area contributed by atoms with Gasteiger partial charge in [0.1, 0.15) is 5.75 Å². The van der Waals surface area contributed by atoms with E-state index in [9.17, 15) is 0 Å². The van der Waals surface area contributed by atoms with E-state index in [4.69, 9.17) is 4.74 Å². The largest absolute Gasteiger partial charge is 0.493 e. The van der Waals surface area contributed by atoms with Crippen molar-refractivity contribution in [1.29, 1.82) is 0 Å². The molecule has 3 saturated carbocycles. The molecule has 2 heterocycles. The van der Waals surface area contributed by atoms with Crippen LogP contribution in [0.25, 0.3) is 10.9 Å². The van der Waals surface area contributed by atoms with Crippen molar-refractivity contribution >= 4 is 26.8 Å². The highest BCUT2D eigenvalue weighted by Crippen LogP contribution is 2.64. The van der Waals surface area contributed by atoms with Gasteiger partial charge >= 0.3 is 0 Å². The number of nitrogens with one attached hydrogen (secondary N) is 1. The third-order valence-corrected chi connectivity index (χ3v) is 7.79. The van der Waals surface area contributed by atoms with E-state index in [1.165, 1.54) is 47.0 Å². The summed E-state index contributed by atoms with van der Waals surface area (Å²) in [4.78, 5) is 6.68. The molecule has 1 aromatic heterocycles. The maximum absolute atomic E-state index is 5.80. The molecule has 1 N–H and O–H groups in total. The summed E-state index contributed by atoms with van der Waals surface area (Å²) in [5, 5.41) is 2.25. The molecular formula is C25H27BrN2O. The van der Waals surface area contributed by atoms with E-state index in [2.05, 4.69) is 81.3 Å². The molecule has 0 unspecified atom stereocenters. The summed E-state index contributed by atoms with van der Waals surface area (Å²) in [6.07, 6.45) is 5.29. The summed E-state index contributed by atoms with van der Waals surface area (Å²) in [5.41, 5.74) is 5.99. The first-order valence-electron chi connectivity index (χ1n) is 10.9. The molecule has 3 aromatic rings. The molecule has 0 radical (unpaired) electrons. The number of fused-ring (bicyclic) bond motifs is 3. The van der Waals surface area contributed by atoms with Gasteiger partial charge in [-0.05, 0) is 67.9 Å². The number of hydrogen-bond donors (Lipinski definition) is 1.